The first kappa shape index (κ1) is 15.7. The second kappa shape index (κ2) is 7.28. The lowest BCUT2D eigenvalue weighted by molar-refractivity contribution is -0.384. The number of nitrogens with zero attached hydrogens (tertiary/aromatic N) is 1. The molecule has 0 amide bonds. The van der Waals surface area contributed by atoms with Crippen LogP contribution in [0.25, 0.3) is 0 Å². The normalized spacial score (nSPS) is 12.2. The topological polar surface area (TPSA) is 87.4 Å². The lowest BCUT2D eigenvalue weighted by atomic mass is 10.2. The van der Waals surface area contributed by atoms with Crippen LogP contribution in [0.3, 0.4) is 0 Å². The minimum atomic E-state index is -0.497. The molecular weight excluding hydrogens is 270 g/mol. The van der Waals surface area contributed by atoms with Gasteiger partial charge in [-0.25, -0.2) is 0 Å². The van der Waals surface area contributed by atoms with Crippen molar-refractivity contribution in [2.75, 3.05) is 25.0 Å². The van der Waals surface area contributed by atoms with E-state index >= 15 is 0 Å². The number of aliphatic hydroxyl groups excluding tert-OH is 1. The highest BCUT2D eigenvalue weighted by molar-refractivity contribution is 6.33. The van der Waals surface area contributed by atoms with E-state index in [1.165, 1.54) is 6.07 Å². The Kier molecular flexibility index (Phi) is 6.01. The molecule has 0 radical (unpaired) electrons. The predicted molar refractivity (Wildman–Crippen MR) is 75.9 cm³/mol. The first-order valence-corrected chi connectivity index (χ1v) is 6.36. The maximum atomic E-state index is 10.7. The van der Waals surface area contributed by atoms with E-state index in [1.807, 2.05) is 0 Å². The van der Waals surface area contributed by atoms with Crippen molar-refractivity contribution in [3.63, 3.8) is 0 Å². The van der Waals surface area contributed by atoms with Crippen LogP contribution in [0, 0.1) is 17.0 Å². The van der Waals surface area contributed by atoms with Gasteiger partial charge in [0.2, 0.25) is 0 Å². The highest BCUT2D eigenvalue weighted by Crippen LogP contribution is 2.30. The van der Waals surface area contributed by atoms with Crippen molar-refractivity contribution in [2.24, 2.45) is 0 Å². The summed E-state index contributed by atoms with van der Waals surface area (Å²) in [7, 11) is 0. The molecule has 6 nitrogen and oxygen atoms in total. The van der Waals surface area contributed by atoms with E-state index in [0.717, 1.165) is 11.3 Å². The van der Waals surface area contributed by atoms with Gasteiger partial charge in [0.15, 0.2) is 0 Å². The number of hydrogen-bond donors (Lipinski definition) is 3. The van der Waals surface area contributed by atoms with Crippen LogP contribution < -0.4 is 10.6 Å². The van der Waals surface area contributed by atoms with E-state index in [9.17, 15) is 10.1 Å². The molecule has 0 fully saturated rings. The third-order valence-electron chi connectivity index (χ3n) is 2.55. The predicted octanol–water partition coefficient (Wildman–Crippen LogP) is 1.94. The Bertz CT molecular complexity index is 452. The zero-order chi connectivity index (χ0) is 14.4. The van der Waals surface area contributed by atoms with Crippen molar-refractivity contribution in [3.8, 4) is 0 Å². The average molecular weight is 288 g/mol. The van der Waals surface area contributed by atoms with Crippen LogP contribution in [0.1, 0.15) is 12.5 Å². The van der Waals surface area contributed by atoms with Gasteiger partial charge in [-0.3, -0.25) is 10.1 Å². The van der Waals surface area contributed by atoms with E-state index in [2.05, 4.69) is 10.6 Å². The Morgan fingerprint density at radius 3 is 2.74 bits per heavy atom. The van der Waals surface area contributed by atoms with Crippen molar-refractivity contribution < 1.29 is 10.0 Å². The van der Waals surface area contributed by atoms with Crippen molar-refractivity contribution in [3.05, 3.63) is 32.8 Å². The summed E-state index contributed by atoms with van der Waals surface area (Å²) < 4.78 is 0. The molecule has 3 N–H and O–H groups in total. The molecule has 1 atom stereocenters. The van der Waals surface area contributed by atoms with E-state index in [0.29, 0.717) is 19.6 Å². The molecule has 1 aromatic carbocycles. The van der Waals surface area contributed by atoms with Crippen molar-refractivity contribution in [2.45, 2.75) is 20.0 Å². The number of anilines is 1. The molecule has 0 heterocycles. The van der Waals surface area contributed by atoms with Crippen molar-refractivity contribution in [1.82, 2.24) is 5.32 Å². The Hall–Kier alpha value is -1.37. The third-order valence-corrected chi connectivity index (χ3v) is 2.85. The SMILES string of the molecule is Cc1cc([N+](=O)[O-])c(Cl)cc1NCCNCC(C)O. The molecule has 1 aromatic rings. The molecule has 7 heteroatoms. The fraction of sp³-hybridized carbons (Fsp3) is 0.500. The van der Waals surface area contributed by atoms with Gasteiger partial charge in [-0.15, -0.1) is 0 Å². The molecular formula is C12H18ClN3O3. The van der Waals surface area contributed by atoms with E-state index in [4.69, 9.17) is 16.7 Å². The molecule has 0 aliphatic rings. The van der Waals surface area contributed by atoms with Gasteiger partial charge in [0.25, 0.3) is 5.69 Å². The second-order valence-corrected chi connectivity index (χ2v) is 4.76. The maximum absolute atomic E-state index is 10.7. The number of hydrogen-bond acceptors (Lipinski definition) is 5. The summed E-state index contributed by atoms with van der Waals surface area (Å²) in [5.74, 6) is 0. The van der Waals surface area contributed by atoms with Crippen LogP contribution in [0.5, 0.6) is 0 Å². The number of halogens is 1. The van der Waals surface area contributed by atoms with E-state index in [1.54, 1.807) is 19.9 Å². The first-order chi connectivity index (χ1) is 8.91. The molecule has 0 saturated heterocycles. The Labute approximate surface area is 116 Å². The number of aliphatic hydroxyl groups is 1. The highest BCUT2D eigenvalue weighted by atomic mass is 35.5. The van der Waals surface area contributed by atoms with Crippen LogP contribution in [0.2, 0.25) is 5.02 Å². The Morgan fingerprint density at radius 1 is 1.47 bits per heavy atom. The lowest BCUT2D eigenvalue weighted by Gasteiger charge is -2.11. The maximum Gasteiger partial charge on any atom is 0.288 e. The van der Waals surface area contributed by atoms with Crippen molar-refractivity contribution in [1.29, 1.82) is 0 Å². The molecule has 1 rings (SSSR count). The number of nitrogens with one attached hydrogen (secondary N) is 2. The molecule has 19 heavy (non-hydrogen) atoms. The summed E-state index contributed by atoms with van der Waals surface area (Å²) in [6, 6.07) is 3.01. The quantitative estimate of drug-likeness (QED) is 0.405. The molecule has 0 saturated carbocycles. The number of nitro benzene ring substituents is 1. The lowest BCUT2D eigenvalue weighted by Crippen LogP contribution is -2.29. The molecule has 1 unspecified atom stereocenters. The van der Waals surface area contributed by atoms with Crippen molar-refractivity contribution >= 4 is 23.0 Å². The summed E-state index contributed by atoms with van der Waals surface area (Å²) in [6.07, 6.45) is -0.379. The number of benzene rings is 1. The zero-order valence-corrected chi connectivity index (χ0v) is 11.7. The summed E-state index contributed by atoms with van der Waals surface area (Å²) in [5.41, 5.74) is 1.46. The smallest absolute Gasteiger partial charge is 0.288 e. The molecule has 0 bridgehead atoms. The first-order valence-electron chi connectivity index (χ1n) is 5.99. The largest absolute Gasteiger partial charge is 0.392 e. The Morgan fingerprint density at radius 2 is 2.16 bits per heavy atom. The monoisotopic (exact) mass is 287 g/mol. The molecule has 0 aliphatic heterocycles. The minimum absolute atomic E-state index is 0.0862. The summed E-state index contributed by atoms with van der Waals surface area (Å²) >= 11 is 5.85. The van der Waals surface area contributed by atoms with Gasteiger partial charge in [-0.2, -0.15) is 0 Å². The van der Waals surface area contributed by atoms with E-state index in [-0.39, 0.29) is 16.8 Å². The Balaban J connectivity index is 2.55. The second-order valence-electron chi connectivity index (χ2n) is 4.36. The highest BCUT2D eigenvalue weighted by Gasteiger charge is 2.14. The van der Waals surface area contributed by atoms with Crippen LogP contribution in [-0.4, -0.2) is 35.8 Å². The summed E-state index contributed by atoms with van der Waals surface area (Å²) in [5, 5.41) is 26.1. The third kappa shape index (κ3) is 5.02. The summed E-state index contributed by atoms with van der Waals surface area (Å²) in [6.45, 7) is 5.35. The number of rotatable bonds is 7. The van der Waals surface area contributed by atoms with E-state index < -0.39 is 4.92 Å². The molecule has 0 aliphatic carbocycles. The van der Waals surface area contributed by atoms with Gasteiger partial charge in [-0.1, -0.05) is 11.6 Å². The van der Waals surface area contributed by atoms with Gasteiger partial charge >= 0.3 is 0 Å². The standard InChI is InChI=1S/C12H18ClN3O3/c1-8-5-12(16(18)19)10(13)6-11(8)15-4-3-14-7-9(2)17/h5-6,9,14-15,17H,3-4,7H2,1-2H3. The van der Waals surface area contributed by atoms with Crippen LogP contribution >= 0.6 is 11.6 Å². The van der Waals surface area contributed by atoms with Gasteiger partial charge in [0.1, 0.15) is 5.02 Å². The van der Waals surface area contributed by atoms with Gasteiger partial charge in [-0.05, 0) is 25.5 Å². The van der Waals surface area contributed by atoms with Gasteiger partial charge < -0.3 is 15.7 Å². The molecule has 0 aromatic heterocycles. The number of nitro groups is 1. The molecule has 0 spiro atoms. The zero-order valence-electron chi connectivity index (χ0n) is 10.9. The van der Waals surface area contributed by atoms with Gasteiger partial charge in [0, 0.05) is 31.4 Å². The minimum Gasteiger partial charge on any atom is -0.392 e. The average Bonchev–Trinajstić information content (AvgIpc) is 2.31. The fourth-order valence-corrected chi connectivity index (χ4v) is 1.83. The fourth-order valence-electron chi connectivity index (χ4n) is 1.59. The van der Waals surface area contributed by atoms with Crippen LogP contribution in [0.15, 0.2) is 12.1 Å². The number of aryl methyl sites for hydroxylation is 1. The summed E-state index contributed by atoms with van der Waals surface area (Å²) in [4.78, 5) is 10.2. The van der Waals surface area contributed by atoms with Crippen LogP contribution in [-0.2, 0) is 0 Å². The van der Waals surface area contributed by atoms with Crippen LogP contribution in [0.4, 0.5) is 11.4 Å². The van der Waals surface area contributed by atoms with Gasteiger partial charge in [0.05, 0.1) is 11.0 Å². The molecule has 106 valence electrons.